The van der Waals surface area contributed by atoms with Crippen molar-refractivity contribution in [1.82, 2.24) is 4.72 Å². The normalized spacial score (nSPS) is 14.4. The Kier molecular flexibility index (Phi) is 7.75. The molecule has 0 fully saturated rings. The van der Waals surface area contributed by atoms with E-state index in [4.69, 9.17) is 4.74 Å². The van der Waals surface area contributed by atoms with Crippen LogP contribution in [0, 0.1) is 0 Å². The van der Waals surface area contributed by atoms with Crippen LogP contribution in [0.15, 0.2) is 54.6 Å². The average molecular weight is 433 g/mol. The van der Waals surface area contributed by atoms with Crippen LogP contribution in [-0.4, -0.2) is 26.1 Å². The van der Waals surface area contributed by atoms with E-state index in [2.05, 4.69) is 10.0 Å². The molecule has 2 atom stereocenters. The molecule has 2 rings (SSSR count). The van der Waals surface area contributed by atoms with Gasteiger partial charge >= 0.3 is 12.1 Å². The number of aliphatic carboxylic acids is 1. The standard InChI is InChI=1S/C22H28N2O5S/c1-21(2,3)30(28)24-22(4,14-19(25)26)17-11-8-12-18(13-17)23-20(27)29-15-16-9-6-5-7-10-16/h5-13,24H,14-15H2,1-4H3,(H,23,27)(H,25,26)/t22-,30?/m0/s1. The lowest BCUT2D eigenvalue weighted by Gasteiger charge is -2.33. The molecular weight excluding hydrogens is 404 g/mol. The molecule has 0 aromatic heterocycles. The molecule has 0 aliphatic carbocycles. The largest absolute Gasteiger partial charge is 0.481 e. The highest BCUT2D eigenvalue weighted by Gasteiger charge is 2.34. The fraction of sp³-hybridized carbons (Fsp3) is 0.364. The summed E-state index contributed by atoms with van der Waals surface area (Å²) in [7, 11) is -1.49. The summed E-state index contributed by atoms with van der Waals surface area (Å²) in [5.41, 5.74) is 0.800. The van der Waals surface area contributed by atoms with Crippen LogP contribution in [0.1, 0.15) is 45.2 Å². The van der Waals surface area contributed by atoms with Gasteiger partial charge in [-0.15, -0.1) is 0 Å². The molecule has 3 N–H and O–H groups in total. The second kappa shape index (κ2) is 9.86. The minimum absolute atomic E-state index is 0.134. The second-order valence-corrected chi connectivity index (χ2v) is 10.1. The molecule has 0 heterocycles. The SMILES string of the molecule is CC(C)(C)S(=O)N[C@@](C)(CC(=O)O)c1cccc(NC(=O)OCc2ccccc2)c1. The van der Waals surface area contributed by atoms with Gasteiger partial charge in [0.05, 0.1) is 27.7 Å². The Hall–Kier alpha value is -2.71. The lowest BCUT2D eigenvalue weighted by Crippen LogP contribution is -2.47. The highest BCUT2D eigenvalue weighted by atomic mass is 32.2. The van der Waals surface area contributed by atoms with Gasteiger partial charge in [0.1, 0.15) is 6.61 Å². The van der Waals surface area contributed by atoms with E-state index in [1.807, 2.05) is 30.3 Å². The number of anilines is 1. The van der Waals surface area contributed by atoms with Crippen molar-refractivity contribution in [3.8, 4) is 0 Å². The van der Waals surface area contributed by atoms with Crippen molar-refractivity contribution in [2.45, 2.75) is 51.0 Å². The molecular formula is C22H28N2O5S. The van der Waals surface area contributed by atoms with Gasteiger partial charge in [-0.2, -0.15) is 0 Å². The molecule has 8 heteroatoms. The third-order valence-electron chi connectivity index (χ3n) is 4.34. The predicted octanol–water partition coefficient (Wildman–Crippen LogP) is 4.18. The van der Waals surface area contributed by atoms with Gasteiger partial charge in [-0.25, -0.2) is 13.7 Å². The van der Waals surface area contributed by atoms with Gasteiger partial charge in [0.25, 0.3) is 0 Å². The Bertz CT molecular complexity index is 911. The Labute approximate surface area is 179 Å². The Balaban J connectivity index is 2.15. The van der Waals surface area contributed by atoms with E-state index in [1.165, 1.54) is 0 Å². The number of carboxylic acids is 1. The van der Waals surface area contributed by atoms with E-state index < -0.39 is 33.3 Å². The van der Waals surface area contributed by atoms with Crippen LogP contribution in [0.2, 0.25) is 0 Å². The number of hydrogen-bond donors (Lipinski definition) is 3. The quantitative estimate of drug-likeness (QED) is 0.580. The lowest BCUT2D eigenvalue weighted by atomic mass is 9.89. The van der Waals surface area contributed by atoms with Gasteiger partial charge < -0.3 is 9.84 Å². The fourth-order valence-electron chi connectivity index (χ4n) is 2.67. The number of hydrogen-bond acceptors (Lipinski definition) is 4. The van der Waals surface area contributed by atoms with Crippen molar-refractivity contribution >= 4 is 28.7 Å². The molecule has 2 aromatic carbocycles. The summed E-state index contributed by atoms with van der Waals surface area (Å²) in [6.45, 7) is 7.22. The molecule has 30 heavy (non-hydrogen) atoms. The first-order chi connectivity index (χ1) is 14.0. The van der Waals surface area contributed by atoms with E-state index in [9.17, 15) is 18.9 Å². The van der Waals surface area contributed by atoms with Gasteiger partial charge in [-0.1, -0.05) is 42.5 Å². The molecule has 0 aliphatic heterocycles. The molecule has 1 unspecified atom stereocenters. The molecule has 7 nitrogen and oxygen atoms in total. The zero-order chi connectivity index (χ0) is 22.4. The van der Waals surface area contributed by atoms with Crippen LogP contribution in [-0.2, 0) is 32.7 Å². The number of rotatable bonds is 8. The minimum atomic E-state index is -1.49. The highest BCUT2D eigenvalue weighted by Crippen LogP contribution is 2.29. The first kappa shape index (κ1) is 23.6. The van der Waals surface area contributed by atoms with E-state index >= 15 is 0 Å². The number of nitrogens with one attached hydrogen (secondary N) is 2. The molecule has 0 saturated carbocycles. The number of carbonyl (C=O) groups is 2. The zero-order valence-corrected chi connectivity index (χ0v) is 18.4. The maximum atomic E-state index is 12.6. The predicted molar refractivity (Wildman–Crippen MR) is 117 cm³/mol. The summed E-state index contributed by atoms with van der Waals surface area (Å²) >= 11 is 0. The topological polar surface area (TPSA) is 105 Å². The first-order valence-corrected chi connectivity index (χ1v) is 10.6. The van der Waals surface area contributed by atoms with Crippen LogP contribution in [0.5, 0.6) is 0 Å². The van der Waals surface area contributed by atoms with Crippen molar-refractivity contribution in [2.24, 2.45) is 0 Å². The van der Waals surface area contributed by atoms with Crippen LogP contribution in [0.25, 0.3) is 0 Å². The van der Waals surface area contributed by atoms with Crippen LogP contribution in [0.4, 0.5) is 10.5 Å². The second-order valence-electron chi connectivity index (χ2n) is 8.15. The zero-order valence-electron chi connectivity index (χ0n) is 17.6. The maximum absolute atomic E-state index is 12.6. The monoisotopic (exact) mass is 432 g/mol. The molecule has 0 bridgehead atoms. The van der Waals surface area contributed by atoms with E-state index in [-0.39, 0.29) is 13.0 Å². The summed E-state index contributed by atoms with van der Waals surface area (Å²) in [5, 5.41) is 12.0. The van der Waals surface area contributed by atoms with Crippen LogP contribution in [0.3, 0.4) is 0 Å². The number of amides is 1. The summed E-state index contributed by atoms with van der Waals surface area (Å²) in [4.78, 5) is 23.6. The van der Waals surface area contributed by atoms with Gasteiger partial charge in [-0.3, -0.25) is 10.1 Å². The number of carbonyl (C=O) groups excluding carboxylic acids is 1. The van der Waals surface area contributed by atoms with Gasteiger partial charge in [0.15, 0.2) is 0 Å². The Morgan fingerprint density at radius 2 is 1.70 bits per heavy atom. The average Bonchev–Trinajstić information content (AvgIpc) is 2.66. The van der Waals surface area contributed by atoms with Crippen LogP contribution < -0.4 is 10.0 Å². The first-order valence-electron chi connectivity index (χ1n) is 9.49. The smallest absolute Gasteiger partial charge is 0.411 e. The van der Waals surface area contributed by atoms with Crippen molar-refractivity contribution < 1.29 is 23.6 Å². The van der Waals surface area contributed by atoms with Gasteiger partial charge in [0.2, 0.25) is 0 Å². The number of carboxylic acid groups (broad SMARTS) is 1. The number of benzene rings is 2. The maximum Gasteiger partial charge on any atom is 0.411 e. The molecule has 0 aliphatic rings. The van der Waals surface area contributed by atoms with Crippen LogP contribution >= 0.6 is 0 Å². The van der Waals surface area contributed by atoms with Crippen molar-refractivity contribution in [2.75, 3.05) is 5.32 Å². The fourth-order valence-corrected chi connectivity index (χ4v) is 3.58. The summed E-state index contributed by atoms with van der Waals surface area (Å²) in [5.74, 6) is -1.03. The summed E-state index contributed by atoms with van der Waals surface area (Å²) in [6, 6.07) is 16.1. The van der Waals surface area contributed by atoms with E-state index in [1.54, 1.807) is 52.0 Å². The molecule has 162 valence electrons. The molecule has 0 spiro atoms. The molecule has 0 saturated heterocycles. The summed E-state index contributed by atoms with van der Waals surface area (Å²) < 4.78 is 20.2. The molecule has 0 radical (unpaired) electrons. The third kappa shape index (κ3) is 6.96. The minimum Gasteiger partial charge on any atom is -0.481 e. The molecule has 2 aromatic rings. The van der Waals surface area contributed by atoms with E-state index in [0.29, 0.717) is 11.3 Å². The van der Waals surface area contributed by atoms with Gasteiger partial charge in [-0.05, 0) is 51.0 Å². The third-order valence-corrected chi connectivity index (χ3v) is 6.09. The lowest BCUT2D eigenvalue weighted by molar-refractivity contribution is -0.138. The van der Waals surface area contributed by atoms with Crippen molar-refractivity contribution in [3.63, 3.8) is 0 Å². The Morgan fingerprint density at radius 3 is 2.30 bits per heavy atom. The Morgan fingerprint density at radius 1 is 1.03 bits per heavy atom. The van der Waals surface area contributed by atoms with Crippen molar-refractivity contribution in [3.05, 3.63) is 65.7 Å². The summed E-state index contributed by atoms with van der Waals surface area (Å²) in [6.07, 6.45) is -0.904. The van der Waals surface area contributed by atoms with Crippen molar-refractivity contribution in [1.29, 1.82) is 0 Å². The van der Waals surface area contributed by atoms with E-state index in [0.717, 1.165) is 5.56 Å². The molecule has 1 amide bonds. The number of ether oxygens (including phenoxy) is 1. The van der Waals surface area contributed by atoms with Gasteiger partial charge in [0, 0.05) is 5.69 Å². The highest BCUT2D eigenvalue weighted by molar-refractivity contribution is 7.84.